The van der Waals surface area contributed by atoms with Crippen LogP contribution in [0.5, 0.6) is 0 Å². The third kappa shape index (κ3) is 3.16. The molecule has 1 aromatic rings. The van der Waals surface area contributed by atoms with Crippen LogP contribution >= 0.6 is 0 Å². The number of benzene rings is 1. The molecule has 0 aliphatic carbocycles. The van der Waals surface area contributed by atoms with Gasteiger partial charge >= 0.3 is 0 Å². The topological polar surface area (TPSA) is 29.1 Å². The Bertz CT molecular complexity index is 409. The lowest BCUT2D eigenvalue weighted by Crippen LogP contribution is -2.01. The largest absolute Gasteiger partial charge is 0.309 e. The van der Waals surface area contributed by atoms with Crippen LogP contribution in [0.3, 0.4) is 0 Å². The molecule has 1 heterocycles. The maximum Gasteiger partial charge on any atom is 0.162 e. The van der Waals surface area contributed by atoms with Gasteiger partial charge in [-0.25, -0.2) is 0 Å². The molecule has 0 bridgehead atoms. The third-order valence-corrected chi connectivity index (χ3v) is 3.34. The van der Waals surface area contributed by atoms with Crippen molar-refractivity contribution in [1.29, 1.82) is 0 Å². The van der Waals surface area contributed by atoms with Gasteiger partial charge in [0, 0.05) is 25.1 Å². The Morgan fingerprint density at radius 3 is 2.82 bits per heavy atom. The molecule has 92 valence electrons. The number of nitrogens with one attached hydrogen (secondary N) is 1. The summed E-state index contributed by atoms with van der Waals surface area (Å²) in [7, 11) is 0. The molecule has 1 aliphatic heterocycles. The SMILES string of the molecule is CC(C)CCCC(=O)c1ccc2c(c1)CNC2. The van der Waals surface area contributed by atoms with Crippen LogP contribution in [0.1, 0.15) is 54.6 Å². The first-order valence-electron chi connectivity index (χ1n) is 6.52. The van der Waals surface area contributed by atoms with Crippen molar-refractivity contribution in [2.45, 2.75) is 46.2 Å². The zero-order valence-corrected chi connectivity index (χ0v) is 10.8. The molecule has 0 unspecified atom stereocenters. The maximum absolute atomic E-state index is 12.0. The second-order valence-electron chi connectivity index (χ2n) is 5.30. The van der Waals surface area contributed by atoms with E-state index >= 15 is 0 Å². The van der Waals surface area contributed by atoms with E-state index in [9.17, 15) is 4.79 Å². The second-order valence-corrected chi connectivity index (χ2v) is 5.30. The Morgan fingerprint density at radius 2 is 2.06 bits per heavy atom. The zero-order chi connectivity index (χ0) is 12.3. The molecule has 0 saturated heterocycles. The number of carbonyl (C=O) groups is 1. The van der Waals surface area contributed by atoms with Gasteiger partial charge in [-0.05, 0) is 29.5 Å². The first kappa shape index (κ1) is 12.3. The number of hydrogen-bond acceptors (Lipinski definition) is 2. The molecular formula is C15H21NO. The van der Waals surface area contributed by atoms with Gasteiger partial charge in [0.05, 0.1) is 0 Å². The van der Waals surface area contributed by atoms with Crippen molar-refractivity contribution in [3.8, 4) is 0 Å². The highest BCUT2D eigenvalue weighted by Crippen LogP contribution is 2.19. The maximum atomic E-state index is 12.0. The number of Topliss-reactive ketones (excluding diaryl/α,β-unsaturated/α-hetero) is 1. The van der Waals surface area contributed by atoms with Crippen LogP contribution in [0.25, 0.3) is 0 Å². The van der Waals surface area contributed by atoms with Gasteiger partial charge in [0.1, 0.15) is 0 Å². The molecule has 1 aromatic carbocycles. The summed E-state index contributed by atoms with van der Waals surface area (Å²) in [6.45, 7) is 6.25. The summed E-state index contributed by atoms with van der Waals surface area (Å²) in [4.78, 5) is 12.0. The van der Waals surface area contributed by atoms with Gasteiger partial charge in [0.25, 0.3) is 0 Å². The van der Waals surface area contributed by atoms with E-state index < -0.39 is 0 Å². The molecule has 0 spiro atoms. The Morgan fingerprint density at radius 1 is 1.29 bits per heavy atom. The van der Waals surface area contributed by atoms with Crippen LogP contribution in [0, 0.1) is 5.92 Å². The number of fused-ring (bicyclic) bond motifs is 1. The van der Waals surface area contributed by atoms with Crippen LogP contribution in [0.15, 0.2) is 18.2 Å². The van der Waals surface area contributed by atoms with E-state index in [2.05, 4.69) is 31.3 Å². The van der Waals surface area contributed by atoms with Gasteiger partial charge in [-0.15, -0.1) is 0 Å². The summed E-state index contributed by atoms with van der Waals surface area (Å²) in [6, 6.07) is 6.13. The highest BCUT2D eigenvalue weighted by Gasteiger charge is 2.13. The Labute approximate surface area is 103 Å². The number of ketones is 1. The van der Waals surface area contributed by atoms with Crippen molar-refractivity contribution in [1.82, 2.24) is 5.32 Å². The Kier molecular flexibility index (Phi) is 3.95. The smallest absolute Gasteiger partial charge is 0.162 e. The molecule has 2 nitrogen and oxygen atoms in total. The van der Waals surface area contributed by atoms with Crippen LogP contribution in [0.4, 0.5) is 0 Å². The van der Waals surface area contributed by atoms with Crippen molar-refractivity contribution < 1.29 is 4.79 Å². The van der Waals surface area contributed by atoms with Crippen molar-refractivity contribution in [3.63, 3.8) is 0 Å². The predicted molar refractivity (Wildman–Crippen MR) is 70.0 cm³/mol. The summed E-state index contributed by atoms with van der Waals surface area (Å²) < 4.78 is 0. The molecule has 0 amide bonds. The number of carbonyl (C=O) groups excluding carboxylic acids is 1. The van der Waals surface area contributed by atoms with Crippen molar-refractivity contribution in [3.05, 3.63) is 34.9 Å². The second kappa shape index (κ2) is 5.46. The van der Waals surface area contributed by atoms with E-state index in [-0.39, 0.29) is 0 Å². The molecule has 0 saturated carbocycles. The predicted octanol–water partition coefficient (Wildman–Crippen LogP) is 3.30. The zero-order valence-electron chi connectivity index (χ0n) is 10.8. The molecule has 2 heteroatoms. The lowest BCUT2D eigenvalue weighted by atomic mass is 9.99. The molecule has 0 aromatic heterocycles. The normalized spacial score (nSPS) is 14.1. The average molecular weight is 231 g/mol. The minimum Gasteiger partial charge on any atom is -0.309 e. The molecule has 2 rings (SSSR count). The fourth-order valence-corrected chi connectivity index (χ4v) is 2.28. The molecule has 1 N–H and O–H groups in total. The van der Waals surface area contributed by atoms with Crippen molar-refractivity contribution in [2.24, 2.45) is 5.92 Å². The van der Waals surface area contributed by atoms with Crippen LogP contribution < -0.4 is 5.32 Å². The van der Waals surface area contributed by atoms with Gasteiger partial charge in [-0.2, -0.15) is 0 Å². The third-order valence-electron chi connectivity index (χ3n) is 3.34. The summed E-state index contributed by atoms with van der Waals surface area (Å²) in [6.07, 6.45) is 2.83. The van der Waals surface area contributed by atoms with E-state index in [0.29, 0.717) is 18.1 Å². The molecule has 0 atom stereocenters. The van der Waals surface area contributed by atoms with Crippen LogP contribution in [-0.2, 0) is 13.1 Å². The molecule has 0 radical (unpaired) electrons. The first-order chi connectivity index (χ1) is 8.16. The van der Waals surface area contributed by atoms with Gasteiger partial charge in [-0.3, -0.25) is 4.79 Å². The van der Waals surface area contributed by atoms with Crippen molar-refractivity contribution >= 4 is 5.78 Å². The summed E-state index contributed by atoms with van der Waals surface area (Å²) in [5.41, 5.74) is 3.51. The van der Waals surface area contributed by atoms with E-state index in [0.717, 1.165) is 31.5 Å². The number of hydrogen-bond donors (Lipinski definition) is 1. The van der Waals surface area contributed by atoms with E-state index in [1.54, 1.807) is 0 Å². The quantitative estimate of drug-likeness (QED) is 0.788. The molecule has 17 heavy (non-hydrogen) atoms. The fraction of sp³-hybridized carbons (Fsp3) is 0.533. The van der Waals surface area contributed by atoms with E-state index in [1.165, 1.54) is 11.1 Å². The number of rotatable bonds is 5. The Balaban J connectivity index is 1.95. The average Bonchev–Trinajstić information content (AvgIpc) is 2.75. The fourth-order valence-electron chi connectivity index (χ4n) is 2.28. The monoisotopic (exact) mass is 231 g/mol. The molecule has 0 fully saturated rings. The van der Waals surface area contributed by atoms with Gasteiger partial charge in [0.15, 0.2) is 5.78 Å². The van der Waals surface area contributed by atoms with Crippen LogP contribution in [-0.4, -0.2) is 5.78 Å². The minimum atomic E-state index is 0.292. The summed E-state index contributed by atoms with van der Waals surface area (Å²) in [5.74, 6) is 0.979. The summed E-state index contributed by atoms with van der Waals surface area (Å²) >= 11 is 0. The van der Waals surface area contributed by atoms with Crippen molar-refractivity contribution in [2.75, 3.05) is 0 Å². The highest BCUT2D eigenvalue weighted by atomic mass is 16.1. The minimum absolute atomic E-state index is 0.292. The molecule has 1 aliphatic rings. The van der Waals surface area contributed by atoms with E-state index in [1.807, 2.05) is 6.07 Å². The summed E-state index contributed by atoms with van der Waals surface area (Å²) in [5, 5.41) is 3.30. The standard InChI is InChI=1S/C15H21NO/c1-11(2)4-3-5-15(17)12-6-7-13-9-16-10-14(13)8-12/h6-8,11,16H,3-5,9-10H2,1-2H3. The first-order valence-corrected chi connectivity index (χ1v) is 6.52. The lowest BCUT2D eigenvalue weighted by molar-refractivity contribution is 0.0978. The van der Waals surface area contributed by atoms with Crippen LogP contribution in [0.2, 0.25) is 0 Å². The highest BCUT2D eigenvalue weighted by molar-refractivity contribution is 5.96. The molecular weight excluding hydrogens is 210 g/mol. The Hall–Kier alpha value is -1.15. The van der Waals surface area contributed by atoms with E-state index in [4.69, 9.17) is 0 Å². The van der Waals surface area contributed by atoms with Gasteiger partial charge in [0.2, 0.25) is 0 Å². The lowest BCUT2D eigenvalue weighted by Gasteiger charge is -2.05. The van der Waals surface area contributed by atoms with Gasteiger partial charge in [-0.1, -0.05) is 32.4 Å². The van der Waals surface area contributed by atoms with Gasteiger partial charge < -0.3 is 5.32 Å².